The SMILES string of the molecule is N#Cc1ccccc1COC(=O)CSCc1ccc(Cl)s1. The molecule has 0 N–H and O–H groups in total. The fourth-order valence-corrected chi connectivity index (χ4v) is 3.64. The van der Waals surface area contributed by atoms with Crippen LogP contribution >= 0.6 is 34.7 Å². The molecule has 1 aromatic heterocycles. The molecule has 0 aliphatic carbocycles. The normalized spacial score (nSPS) is 10.1. The third-order valence-corrected chi connectivity index (χ3v) is 4.99. The Morgan fingerprint density at radius 2 is 2.14 bits per heavy atom. The van der Waals surface area contributed by atoms with E-state index >= 15 is 0 Å². The van der Waals surface area contributed by atoms with E-state index in [0.717, 1.165) is 20.5 Å². The van der Waals surface area contributed by atoms with Gasteiger partial charge in [-0.2, -0.15) is 5.26 Å². The van der Waals surface area contributed by atoms with Crippen LogP contribution in [0.2, 0.25) is 4.34 Å². The summed E-state index contributed by atoms with van der Waals surface area (Å²) < 4.78 is 5.93. The molecule has 1 aromatic carbocycles. The summed E-state index contributed by atoms with van der Waals surface area (Å²) in [6.07, 6.45) is 0. The second kappa shape index (κ2) is 8.08. The third kappa shape index (κ3) is 5.09. The maximum Gasteiger partial charge on any atom is 0.316 e. The lowest BCUT2D eigenvalue weighted by Crippen LogP contribution is -2.08. The minimum Gasteiger partial charge on any atom is -0.460 e. The fourth-order valence-electron chi connectivity index (χ4n) is 1.62. The minimum absolute atomic E-state index is 0.133. The number of rotatable bonds is 6. The lowest BCUT2D eigenvalue weighted by molar-refractivity contribution is -0.141. The molecule has 0 aliphatic heterocycles. The van der Waals surface area contributed by atoms with Gasteiger partial charge in [-0.15, -0.1) is 23.1 Å². The molecule has 2 aromatic rings. The summed E-state index contributed by atoms with van der Waals surface area (Å²) in [6.45, 7) is 0.133. The van der Waals surface area contributed by atoms with Gasteiger partial charge < -0.3 is 4.74 Å². The van der Waals surface area contributed by atoms with Crippen molar-refractivity contribution in [1.29, 1.82) is 5.26 Å². The van der Waals surface area contributed by atoms with Crippen LogP contribution in [0.3, 0.4) is 0 Å². The average Bonchev–Trinajstić information content (AvgIpc) is 2.91. The molecular weight excluding hydrogens is 326 g/mol. The fraction of sp³-hybridized carbons (Fsp3) is 0.200. The number of thioether (sulfide) groups is 1. The molecule has 0 atom stereocenters. The predicted octanol–water partition coefficient (Wildman–Crippen LogP) is 4.25. The number of hydrogen-bond acceptors (Lipinski definition) is 5. The van der Waals surface area contributed by atoms with Crippen molar-refractivity contribution in [2.45, 2.75) is 12.4 Å². The second-order valence-electron chi connectivity index (χ2n) is 4.13. The van der Waals surface area contributed by atoms with E-state index in [1.807, 2.05) is 18.2 Å². The molecule has 0 fully saturated rings. The van der Waals surface area contributed by atoms with Crippen molar-refractivity contribution in [3.05, 3.63) is 56.7 Å². The van der Waals surface area contributed by atoms with E-state index in [0.29, 0.717) is 5.56 Å². The number of hydrogen-bond donors (Lipinski definition) is 0. The first-order valence-electron chi connectivity index (χ1n) is 6.14. The first kappa shape index (κ1) is 15.9. The third-order valence-electron chi connectivity index (χ3n) is 2.62. The molecule has 0 saturated carbocycles. The van der Waals surface area contributed by atoms with Gasteiger partial charge in [0.2, 0.25) is 0 Å². The van der Waals surface area contributed by atoms with Crippen LogP contribution < -0.4 is 0 Å². The topological polar surface area (TPSA) is 50.1 Å². The molecule has 1 heterocycles. The van der Waals surface area contributed by atoms with Crippen LogP contribution in [0.1, 0.15) is 16.0 Å². The maximum atomic E-state index is 11.7. The standard InChI is InChI=1S/C15H12ClNO2S2/c16-14-6-5-13(21-14)9-20-10-15(18)19-8-12-4-2-1-3-11(12)7-17/h1-6H,8-10H2. The summed E-state index contributed by atoms with van der Waals surface area (Å²) >= 11 is 8.84. The van der Waals surface area contributed by atoms with Crippen molar-refractivity contribution >= 4 is 40.7 Å². The molecule has 0 saturated heterocycles. The summed E-state index contributed by atoms with van der Waals surface area (Å²) in [4.78, 5) is 12.8. The zero-order chi connectivity index (χ0) is 15.1. The minimum atomic E-state index is -0.282. The van der Waals surface area contributed by atoms with Gasteiger partial charge in [-0.25, -0.2) is 0 Å². The molecule has 3 nitrogen and oxygen atoms in total. The molecule has 0 spiro atoms. The number of carbonyl (C=O) groups is 1. The van der Waals surface area contributed by atoms with E-state index in [-0.39, 0.29) is 18.3 Å². The summed E-state index contributed by atoms with van der Waals surface area (Å²) in [5, 5.41) is 8.95. The van der Waals surface area contributed by atoms with Gasteiger partial charge in [-0.3, -0.25) is 4.79 Å². The molecular formula is C15H12ClNO2S2. The molecule has 0 radical (unpaired) electrons. The number of ether oxygens (including phenoxy) is 1. The van der Waals surface area contributed by atoms with E-state index in [9.17, 15) is 4.79 Å². The summed E-state index contributed by atoms with van der Waals surface area (Å²) in [5.74, 6) is 0.737. The Morgan fingerprint density at radius 3 is 2.86 bits per heavy atom. The van der Waals surface area contributed by atoms with Crippen molar-refractivity contribution in [3.63, 3.8) is 0 Å². The lowest BCUT2D eigenvalue weighted by atomic mass is 10.1. The van der Waals surface area contributed by atoms with Crippen molar-refractivity contribution in [1.82, 2.24) is 0 Å². The molecule has 2 rings (SSSR count). The summed E-state index contributed by atoms with van der Waals surface area (Å²) in [6, 6.07) is 13.0. The number of nitrogens with zero attached hydrogens (tertiary/aromatic N) is 1. The quantitative estimate of drug-likeness (QED) is 0.739. The Labute approximate surface area is 136 Å². The average molecular weight is 338 g/mol. The molecule has 6 heteroatoms. The van der Waals surface area contributed by atoms with E-state index in [2.05, 4.69) is 6.07 Å². The van der Waals surface area contributed by atoms with E-state index in [1.54, 1.807) is 18.2 Å². The zero-order valence-corrected chi connectivity index (χ0v) is 13.4. The van der Waals surface area contributed by atoms with Gasteiger partial charge in [0, 0.05) is 16.2 Å². The van der Waals surface area contributed by atoms with Crippen molar-refractivity contribution in [2.75, 3.05) is 5.75 Å². The number of carbonyl (C=O) groups excluding carboxylic acids is 1. The number of benzene rings is 1. The smallest absolute Gasteiger partial charge is 0.316 e. The highest BCUT2D eigenvalue weighted by atomic mass is 35.5. The second-order valence-corrected chi connectivity index (χ2v) is 6.91. The maximum absolute atomic E-state index is 11.7. The first-order chi connectivity index (χ1) is 10.2. The van der Waals surface area contributed by atoms with E-state index < -0.39 is 0 Å². The van der Waals surface area contributed by atoms with E-state index in [4.69, 9.17) is 21.6 Å². The van der Waals surface area contributed by atoms with Gasteiger partial charge in [-0.1, -0.05) is 29.8 Å². The Hall–Kier alpha value is -1.48. The monoisotopic (exact) mass is 337 g/mol. The van der Waals surface area contributed by atoms with Crippen molar-refractivity contribution in [2.24, 2.45) is 0 Å². The van der Waals surface area contributed by atoms with Crippen molar-refractivity contribution in [3.8, 4) is 6.07 Å². The highest BCUT2D eigenvalue weighted by molar-refractivity contribution is 7.99. The van der Waals surface area contributed by atoms with Crippen LogP contribution in [0.4, 0.5) is 0 Å². The predicted molar refractivity (Wildman–Crippen MR) is 86.4 cm³/mol. The van der Waals surface area contributed by atoms with Crippen LogP contribution in [0, 0.1) is 11.3 Å². The van der Waals surface area contributed by atoms with Crippen LogP contribution in [0.5, 0.6) is 0 Å². The number of nitriles is 1. The van der Waals surface area contributed by atoms with Gasteiger partial charge in [0.15, 0.2) is 0 Å². The summed E-state index contributed by atoms with van der Waals surface area (Å²) in [7, 11) is 0. The van der Waals surface area contributed by atoms with Crippen LogP contribution in [-0.4, -0.2) is 11.7 Å². The molecule has 108 valence electrons. The Balaban J connectivity index is 1.74. The van der Waals surface area contributed by atoms with E-state index in [1.165, 1.54) is 23.1 Å². The highest BCUT2D eigenvalue weighted by Gasteiger charge is 2.07. The van der Waals surface area contributed by atoms with Gasteiger partial charge in [0.25, 0.3) is 0 Å². The Morgan fingerprint density at radius 1 is 1.33 bits per heavy atom. The van der Waals surface area contributed by atoms with Gasteiger partial charge in [0.1, 0.15) is 6.61 Å². The lowest BCUT2D eigenvalue weighted by Gasteiger charge is -2.06. The number of esters is 1. The molecule has 0 amide bonds. The molecule has 0 aliphatic rings. The van der Waals surface area contributed by atoms with Crippen LogP contribution in [0.15, 0.2) is 36.4 Å². The molecule has 0 bridgehead atoms. The Bertz CT molecular complexity index is 664. The molecule has 21 heavy (non-hydrogen) atoms. The summed E-state index contributed by atoms with van der Waals surface area (Å²) in [5.41, 5.74) is 1.26. The van der Waals surface area contributed by atoms with Gasteiger partial charge in [0.05, 0.1) is 21.7 Å². The first-order valence-corrected chi connectivity index (χ1v) is 8.49. The van der Waals surface area contributed by atoms with Crippen LogP contribution in [-0.2, 0) is 21.9 Å². The van der Waals surface area contributed by atoms with Gasteiger partial charge in [-0.05, 0) is 18.2 Å². The Kier molecular flexibility index (Phi) is 6.12. The van der Waals surface area contributed by atoms with Gasteiger partial charge >= 0.3 is 5.97 Å². The zero-order valence-electron chi connectivity index (χ0n) is 11.0. The highest BCUT2D eigenvalue weighted by Crippen LogP contribution is 2.25. The molecule has 0 unspecified atom stereocenters. The largest absolute Gasteiger partial charge is 0.460 e. The number of thiophene rings is 1. The van der Waals surface area contributed by atoms with Crippen molar-refractivity contribution < 1.29 is 9.53 Å². The number of halogens is 1. The van der Waals surface area contributed by atoms with Crippen LogP contribution in [0.25, 0.3) is 0 Å².